The van der Waals surface area contributed by atoms with E-state index in [1.54, 1.807) is 0 Å². The molecule has 1 saturated heterocycles. The molecule has 0 saturated carbocycles. The van der Waals surface area contributed by atoms with E-state index in [-0.39, 0.29) is 17.2 Å². The zero-order valence-electron chi connectivity index (χ0n) is 10.6. The molecule has 0 bridgehead atoms. The molecule has 96 valence electrons. The van der Waals surface area contributed by atoms with E-state index in [2.05, 4.69) is 25.7 Å². The van der Waals surface area contributed by atoms with Crippen molar-refractivity contribution in [3.05, 3.63) is 0 Å². The molecule has 2 N–H and O–H groups in total. The molecule has 1 fully saturated rings. The SMILES string of the molecule is CC(C)(C)C(CN)N1CCCS(=O)(=O)CC1. The van der Waals surface area contributed by atoms with Gasteiger partial charge in [0.25, 0.3) is 0 Å². The molecule has 4 nitrogen and oxygen atoms in total. The Kier molecular flexibility index (Phi) is 4.37. The summed E-state index contributed by atoms with van der Waals surface area (Å²) in [7, 11) is -2.82. The molecule has 1 aliphatic heterocycles. The molecule has 1 unspecified atom stereocenters. The molecule has 0 aromatic heterocycles. The summed E-state index contributed by atoms with van der Waals surface area (Å²) in [6.07, 6.45) is 0.731. The summed E-state index contributed by atoms with van der Waals surface area (Å²) in [4.78, 5) is 2.24. The lowest BCUT2D eigenvalue weighted by Crippen LogP contribution is -2.49. The summed E-state index contributed by atoms with van der Waals surface area (Å²) in [5.74, 6) is 0.602. The average Bonchev–Trinajstić information content (AvgIpc) is 2.27. The summed E-state index contributed by atoms with van der Waals surface area (Å²) in [6, 6.07) is 0.265. The first-order valence-corrected chi connectivity index (χ1v) is 7.73. The summed E-state index contributed by atoms with van der Waals surface area (Å²) in [6.45, 7) is 8.53. The summed E-state index contributed by atoms with van der Waals surface area (Å²) in [5.41, 5.74) is 5.92. The maximum atomic E-state index is 11.5. The Morgan fingerprint density at radius 2 is 1.88 bits per heavy atom. The quantitative estimate of drug-likeness (QED) is 0.772. The number of sulfone groups is 1. The lowest BCUT2D eigenvalue weighted by atomic mass is 9.85. The van der Waals surface area contributed by atoms with E-state index in [4.69, 9.17) is 5.73 Å². The highest BCUT2D eigenvalue weighted by atomic mass is 32.2. The Bertz CT molecular complexity index is 319. The van der Waals surface area contributed by atoms with Crippen LogP contribution in [0.5, 0.6) is 0 Å². The molecule has 0 spiro atoms. The van der Waals surface area contributed by atoms with E-state index in [1.165, 1.54) is 0 Å². The van der Waals surface area contributed by atoms with Crippen LogP contribution in [0.15, 0.2) is 0 Å². The highest BCUT2D eigenvalue weighted by Gasteiger charge is 2.31. The minimum absolute atomic E-state index is 0.100. The Labute approximate surface area is 99.1 Å². The van der Waals surface area contributed by atoms with Crippen molar-refractivity contribution in [1.82, 2.24) is 4.90 Å². The molecule has 1 rings (SSSR count). The van der Waals surface area contributed by atoms with Gasteiger partial charge in [-0.1, -0.05) is 20.8 Å². The van der Waals surface area contributed by atoms with E-state index >= 15 is 0 Å². The van der Waals surface area contributed by atoms with Gasteiger partial charge in [0, 0.05) is 19.1 Å². The van der Waals surface area contributed by atoms with Crippen molar-refractivity contribution in [2.45, 2.75) is 33.2 Å². The normalized spacial score (nSPS) is 25.0. The van der Waals surface area contributed by atoms with Gasteiger partial charge in [0.15, 0.2) is 9.84 Å². The van der Waals surface area contributed by atoms with Crippen LogP contribution in [0.2, 0.25) is 0 Å². The minimum Gasteiger partial charge on any atom is -0.329 e. The van der Waals surface area contributed by atoms with Gasteiger partial charge >= 0.3 is 0 Å². The van der Waals surface area contributed by atoms with Crippen LogP contribution >= 0.6 is 0 Å². The zero-order chi connectivity index (χ0) is 12.4. The van der Waals surface area contributed by atoms with Gasteiger partial charge in [-0.25, -0.2) is 8.42 Å². The van der Waals surface area contributed by atoms with Crippen molar-refractivity contribution in [2.75, 3.05) is 31.1 Å². The maximum absolute atomic E-state index is 11.5. The van der Waals surface area contributed by atoms with E-state index in [9.17, 15) is 8.42 Å². The molecule has 0 aliphatic carbocycles. The van der Waals surface area contributed by atoms with Crippen molar-refractivity contribution in [3.63, 3.8) is 0 Å². The van der Waals surface area contributed by atoms with Crippen molar-refractivity contribution in [2.24, 2.45) is 11.1 Å². The fraction of sp³-hybridized carbons (Fsp3) is 1.00. The molecule has 0 radical (unpaired) electrons. The largest absolute Gasteiger partial charge is 0.329 e. The molecule has 0 amide bonds. The number of nitrogens with zero attached hydrogens (tertiary/aromatic N) is 1. The fourth-order valence-electron chi connectivity index (χ4n) is 2.32. The molecule has 16 heavy (non-hydrogen) atoms. The van der Waals surface area contributed by atoms with Crippen molar-refractivity contribution in [1.29, 1.82) is 0 Å². The number of nitrogens with two attached hydrogens (primary N) is 1. The van der Waals surface area contributed by atoms with Crippen LogP contribution in [0.25, 0.3) is 0 Å². The third kappa shape index (κ3) is 3.71. The van der Waals surface area contributed by atoms with Crippen LogP contribution in [0.4, 0.5) is 0 Å². The van der Waals surface area contributed by atoms with E-state index in [1.807, 2.05) is 0 Å². The second-order valence-corrected chi connectivity index (χ2v) is 7.96. The molecule has 0 aromatic carbocycles. The molecule has 5 heteroatoms. The van der Waals surface area contributed by atoms with Gasteiger partial charge in [0.1, 0.15) is 0 Å². The standard InChI is InChI=1S/C11H24N2O2S/c1-11(2,3)10(9-12)13-5-4-7-16(14,15)8-6-13/h10H,4-9,12H2,1-3H3. The fourth-order valence-corrected chi connectivity index (χ4v) is 3.61. The van der Waals surface area contributed by atoms with E-state index < -0.39 is 9.84 Å². The summed E-state index contributed by atoms with van der Waals surface area (Å²) in [5, 5.41) is 0. The van der Waals surface area contributed by atoms with Crippen LogP contribution in [0, 0.1) is 5.41 Å². The van der Waals surface area contributed by atoms with Gasteiger partial charge in [0.05, 0.1) is 11.5 Å². The molecule has 0 aromatic rings. The Hall–Kier alpha value is -0.130. The van der Waals surface area contributed by atoms with Crippen LogP contribution in [0.3, 0.4) is 0 Å². The molecular formula is C11H24N2O2S. The van der Waals surface area contributed by atoms with Crippen LogP contribution in [-0.4, -0.2) is 50.5 Å². The number of hydrogen-bond donors (Lipinski definition) is 1. The van der Waals surface area contributed by atoms with Gasteiger partial charge in [-0.3, -0.25) is 4.90 Å². The predicted octanol–water partition coefficient (Wildman–Crippen LogP) is 0.480. The average molecular weight is 248 g/mol. The Morgan fingerprint density at radius 3 is 2.38 bits per heavy atom. The summed E-state index contributed by atoms with van der Waals surface area (Å²) < 4.78 is 23.0. The smallest absolute Gasteiger partial charge is 0.151 e. The molecular weight excluding hydrogens is 224 g/mol. The Morgan fingerprint density at radius 1 is 1.25 bits per heavy atom. The first-order valence-electron chi connectivity index (χ1n) is 5.91. The highest BCUT2D eigenvalue weighted by Crippen LogP contribution is 2.24. The topological polar surface area (TPSA) is 63.4 Å². The second-order valence-electron chi connectivity index (χ2n) is 5.66. The van der Waals surface area contributed by atoms with Crippen LogP contribution in [-0.2, 0) is 9.84 Å². The van der Waals surface area contributed by atoms with E-state index in [0.29, 0.717) is 18.8 Å². The maximum Gasteiger partial charge on any atom is 0.151 e. The third-order valence-electron chi connectivity index (χ3n) is 3.25. The molecule has 1 heterocycles. The van der Waals surface area contributed by atoms with Gasteiger partial charge in [-0.15, -0.1) is 0 Å². The van der Waals surface area contributed by atoms with Crippen LogP contribution < -0.4 is 5.73 Å². The first-order chi connectivity index (χ1) is 7.26. The first kappa shape index (κ1) is 13.9. The third-order valence-corrected chi connectivity index (χ3v) is 4.97. The van der Waals surface area contributed by atoms with Crippen LogP contribution in [0.1, 0.15) is 27.2 Å². The zero-order valence-corrected chi connectivity index (χ0v) is 11.4. The lowest BCUT2D eigenvalue weighted by Gasteiger charge is -2.38. The van der Waals surface area contributed by atoms with Crippen molar-refractivity contribution >= 4 is 9.84 Å². The highest BCUT2D eigenvalue weighted by molar-refractivity contribution is 7.91. The van der Waals surface area contributed by atoms with Crippen molar-refractivity contribution in [3.8, 4) is 0 Å². The number of hydrogen-bond acceptors (Lipinski definition) is 4. The van der Waals surface area contributed by atoms with Gasteiger partial charge in [-0.2, -0.15) is 0 Å². The van der Waals surface area contributed by atoms with Gasteiger partial charge in [0.2, 0.25) is 0 Å². The van der Waals surface area contributed by atoms with E-state index in [0.717, 1.165) is 13.0 Å². The molecule has 1 aliphatic rings. The minimum atomic E-state index is -2.82. The Balaban J connectivity index is 2.73. The second kappa shape index (κ2) is 5.02. The van der Waals surface area contributed by atoms with Crippen molar-refractivity contribution < 1.29 is 8.42 Å². The number of rotatable bonds is 2. The van der Waals surface area contributed by atoms with Gasteiger partial charge < -0.3 is 5.73 Å². The van der Waals surface area contributed by atoms with Gasteiger partial charge in [-0.05, 0) is 18.4 Å². The predicted molar refractivity (Wildman–Crippen MR) is 67.1 cm³/mol. The monoisotopic (exact) mass is 248 g/mol. The molecule has 1 atom stereocenters. The summed E-state index contributed by atoms with van der Waals surface area (Å²) >= 11 is 0. The lowest BCUT2D eigenvalue weighted by molar-refractivity contribution is 0.113.